The predicted octanol–water partition coefficient (Wildman–Crippen LogP) is 2.67. The molecule has 0 atom stereocenters. The van der Waals surface area contributed by atoms with Crippen molar-refractivity contribution in [2.24, 2.45) is 5.73 Å². The SMILES string of the molecule is CCCCCCOc1ccc(F)cc1-c1n[nH]nc1C(N)=O. The number of amides is 1. The van der Waals surface area contributed by atoms with Crippen LogP contribution in [0.5, 0.6) is 5.75 Å². The molecule has 1 aromatic heterocycles. The number of rotatable bonds is 8. The van der Waals surface area contributed by atoms with Gasteiger partial charge in [-0.1, -0.05) is 26.2 Å². The van der Waals surface area contributed by atoms with Crippen molar-refractivity contribution in [3.63, 3.8) is 0 Å². The van der Waals surface area contributed by atoms with Gasteiger partial charge in [-0.2, -0.15) is 15.4 Å². The maximum Gasteiger partial charge on any atom is 0.271 e. The van der Waals surface area contributed by atoms with Crippen molar-refractivity contribution in [1.29, 1.82) is 0 Å². The first-order valence-corrected chi connectivity index (χ1v) is 7.26. The van der Waals surface area contributed by atoms with Crippen molar-refractivity contribution in [3.8, 4) is 17.0 Å². The Kier molecular flexibility index (Phi) is 5.46. The van der Waals surface area contributed by atoms with Crippen LogP contribution in [0.15, 0.2) is 18.2 Å². The Morgan fingerprint density at radius 2 is 2.14 bits per heavy atom. The van der Waals surface area contributed by atoms with Gasteiger partial charge in [0.15, 0.2) is 5.69 Å². The lowest BCUT2D eigenvalue weighted by atomic mass is 10.1. The molecular formula is C15H19FN4O2. The molecule has 22 heavy (non-hydrogen) atoms. The highest BCUT2D eigenvalue weighted by atomic mass is 19.1. The van der Waals surface area contributed by atoms with Gasteiger partial charge in [0.2, 0.25) is 0 Å². The molecule has 0 radical (unpaired) electrons. The molecule has 0 aliphatic carbocycles. The molecule has 1 heterocycles. The third-order valence-corrected chi connectivity index (χ3v) is 3.23. The Bertz CT molecular complexity index is 642. The zero-order chi connectivity index (χ0) is 15.9. The second-order valence-corrected chi connectivity index (χ2v) is 4.93. The zero-order valence-electron chi connectivity index (χ0n) is 12.4. The maximum atomic E-state index is 13.5. The van der Waals surface area contributed by atoms with Gasteiger partial charge in [-0.25, -0.2) is 4.39 Å². The number of carbonyl (C=O) groups is 1. The molecular weight excluding hydrogens is 287 g/mol. The number of benzene rings is 1. The van der Waals surface area contributed by atoms with Crippen LogP contribution < -0.4 is 10.5 Å². The van der Waals surface area contributed by atoms with Gasteiger partial charge in [-0.05, 0) is 24.6 Å². The average molecular weight is 306 g/mol. The molecule has 1 aromatic carbocycles. The largest absolute Gasteiger partial charge is 0.493 e. The van der Waals surface area contributed by atoms with Gasteiger partial charge < -0.3 is 10.5 Å². The number of primary amides is 1. The minimum Gasteiger partial charge on any atom is -0.493 e. The van der Waals surface area contributed by atoms with Gasteiger partial charge in [0, 0.05) is 5.56 Å². The minimum atomic E-state index is -0.734. The highest BCUT2D eigenvalue weighted by Gasteiger charge is 2.19. The number of nitrogens with zero attached hydrogens (tertiary/aromatic N) is 2. The van der Waals surface area contributed by atoms with Crippen LogP contribution in [0.25, 0.3) is 11.3 Å². The Morgan fingerprint density at radius 1 is 1.32 bits per heavy atom. The molecule has 0 spiro atoms. The van der Waals surface area contributed by atoms with Gasteiger partial charge in [-0.15, -0.1) is 0 Å². The second-order valence-electron chi connectivity index (χ2n) is 4.93. The number of nitrogens with two attached hydrogens (primary N) is 1. The molecule has 0 bridgehead atoms. The molecule has 3 N–H and O–H groups in total. The van der Waals surface area contributed by atoms with Crippen LogP contribution >= 0.6 is 0 Å². The van der Waals surface area contributed by atoms with Crippen LogP contribution in [0.4, 0.5) is 4.39 Å². The van der Waals surface area contributed by atoms with E-state index in [4.69, 9.17) is 10.5 Å². The van der Waals surface area contributed by atoms with Crippen molar-refractivity contribution in [2.75, 3.05) is 6.61 Å². The molecule has 0 aliphatic heterocycles. The first-order chi connectivity index (χ1) is 10.6. The number of halogens is 1. The Morgan fingerprint density at radius 3 is 2.86 bits per heavy atom. The summed E-state index contributed by atoms with van der Waals surface area (Å²) in [5.41, 5.74) is 5.75. The number of hydrogen-bond acceptors (Lipinski definition) is 4. The molecule has 2 rings (SSSR count). The van der Waals surface area contributed by atoms with E-state index in [1.807, 2.05) is 0 Å². The van der Waals surface area contributed by atoms with Crippen LogP contribution in [0.3, 0.4) is 0 Å². The minimum absolute atomic E-state index is 0.0403. The summed E-state index contributed by atoms with van der Waals surface area (Å²) in [6, 6.07) is 4.07. The number of carbonyl (C=O) groups excluding carboxylic acids is 1. The quantitative estimate of drug-likeness (QED) is 0.733. The predicted molar refractivity (Wildman–Crippen MR) is 79.9 cm³/mol. The molecule has 1 amide bonds. The monoisotopic (exact) mass is 306 g/mol. The normalized spacial score (nSPS) is 10.6. The number of hydrogen-bond donors (Lipinski definition) is 2. The molecule has 0 aliphatic rings. The smallest absolute Gasteiger partial charge is 0.271 e. The molecule has 0 fully saturated rings. The fourth-order valence-electron chi connectivity index (χ4n) is 2.11. The van der Waals surface area contributed by atoms with E-state index in [9.17, 15) is 9.18 Å². The van der Waals surface area contributed by atoms with Crippen molar-refractivity contribution in [2.45, 2.75) is 32.6 Å². The summed E-state index contributed by atoms with van der Waals surface area (Å²) in [6.45, 7) is 2.65. The summed E-state index contributed by atoms with van der Waals surface area (Å²) in [6.07, 6.45) is 4.27. The fourth-order valence-corrected chi connectivity index (χ4v) is 2.11. The van der Waals surface area contributed by atoms with E-state index in [2.05, 4.69) is 22.3 Å². The number of aromatic nitrogens is 3. The Hall–Kier alpha value is -2.44. The van der Waals surface area contributed by atoms with E-state index in [1.54, 1.807) is 0 Å². The lowest BCUT2D eigenvalue weighted by Gasteiger charge is -2.10. The van der Waals surface area contributed by atoms with E-state index >= 15 is 0 Å². The van der Waals surface area contributed by atoms with E-state index in [0.717, 1.165) is 25.7 Å². The van der Waals surface area contributed by atoms with Gasteiger partial charge in [0.1, 0.15) is 17.3 Å². The molecule has 2 aromatic rings. The number of unbranched alkanes of at least 4 members (excludes halogenated alkanes) is 3. The van der Waals surface area contributed by atoms with Crippen molar-refractivity contribution in [3.05, 3.63) is 29.7 Å². The summed E-state index contributed by atoms with van der Waals surface area (Å²) in [7, 11) is 0. The topological polar surface area (TPSA) is 93.9 Å². The summed E-state index contributed by atoms with van der Waals surface area (Å²) >= 11 is 0. The van der Waals surface area contributed by atoms with Crippen LogP contribution in [0.2, 0.25) is 0 Å². The standard InChI is InChI=1S/C15H19FN4O2/c1-2-3-4-5-8-22-12-7-6-10(16)9-11(12)13-14(15(17)21)19-20-18-13/h6-7,9H,2-5,8H2,1H3,(H2,17,21)(H,18,19,20). The molecule has 7 heteroatoms. The number of H-pyrrole nitrogens is 1. The highest BCUT2D eigenvalue weighted by Crippen LogP contribution is 2.31. The van der Waals surface area contributed by atoms with Gasteiger partial charge >= 0.3 is 0 Å². The molecule has 118 valence electrons. The van der Waals surface area contributed by atoms with Crippen LogP contribution in [-0.4, -0.2) is 27.9 Å². The zero-order valence-corrected chi connectivity index (χ0v) is 12.4. The Labute approximate surface area is 127 Å². The van der Waals surface area contributed by atoms with E-state index in [1.165, 1.54) is 18.2 Å². The van der Waals surface area contributed by atoms with Crippen LogP contribution in [-0.2, 0) is 0 Å². The van der Waals surface area contributed by atoms with Crippen LogP contribution in [0.1, 0.15) is 43.1 Å². The lowest BCUT2D eigenvalue weighted by molar-refractivity contribution is 0.0996. The molecule has 0 saturated carbocycles. The second kappa shape index (κ2) is 7.53. The summed E-state index contributed by atoms with van der Waals surface area (Å²) < 4.78 is 19.2. The summed E-state index contributed by atoms with van der Waals surface area (Å²) in [5.74, 6) is -0.733. The number of ether oxygens (including phenoxy) is 1. The first kappa shape index (κ1) is 15.9. The van der Waals surface area contributed by atoms with E-state index in [-0.39, 0.29) is 11.4 Å². The van der Waals surface area contributed by atoms with Crippen molar-refractivity contribution < 1.29 is 13.9 Å². The van der Waals surface area contributed by atoms with Gasteiger partial charge in [0.05, 0.1) is 6.61 Å². The molecule has 6 nitrogen and oxygen atoms in total. The summed E-state index contributed by atoms with van der Waals surface area (Å²) in [4.78, 5) is 11.3. The summed E-state index contributed by atoms with van der Waals surface area (Å²) in [5, 5.41) is 9.91. The fraction of sp³-hybridized carbons (Fsp3) is 0.400. The Balaban J connectivity index is 2.21. The van der Waals surface area contributed by atoms with Crippen LogP contribution in [0, 0.1) is 5.82 Å². The number of nitrogens with one attached hydrogen (secondary N) is 1. The molecule has 0 saturated heterocycles. The number of aromatic amines is 1. The van der Waals surface area contributed by atoms with Gasteiger partial charge in [0.25, 0.3) is 5.91 Å². The average Bonchev–Trinajstić information content (AvgIpc) is 2.98. The third kappa shape index (κ3) is 3.81. The molecule has 0 unspecified atom stereocenters. The third-order valence-electron chi connectivity index (χ3n) is 3.23. The van der Waals surface area contributed by atoms with Crippen molar-refractivity contribution in [1.82, 2.24) is 15.4 Å². The van der Waals surface area contributed by atoms with Gasteiger partial charge in [-0.3, -0.25) is 4.79 Å². The van der Waals surface area contributed by atoms with Crippen molar-refractivity contribution >= 4 is 5.91 Å². The van der Waals surface area contributed by atoms with E-state index in [0.29, 0.717) is 17.9 Å². The highest BCUT2D eigenvalue weighted by molar-refractivity contribution is 5.97. The van der Waals surface area contributed by atoms with E-state index < -0.39 is 11.7 Å². The first-order valence-electron chi connectivity index (χ1n) is 7.26. The lowest BCUT2D eigenvalue weighted by Crippen LogP contribution is -2.13. The maximum absolute atomic E-state index is 13.5.